The van der Waals surface area contributed by atoms with Gasteiger partial charge in [0, 0.05) is 22.5 Å². The van der Waals surface area contributed by atoms with E-state index >= 15 is 0 Å². The third kappa shape index (κ3) is 3.99. The maximum Gasteiger partial charge on any atom is 0.228 e. The number of rotatable bonds is 4. The van der Waals surface area contributed by atoms with Crippen LogP contribution in [-0.2, 0) is 11.2 Å². The standard InChI is InChI=1S/C21H16ClN3OS/c1-13-4-7-15(20-25-17-3-2-10-23-21(17)27-20)12-18(13)24-19(26)11-14-5-8-16(22)9-6-14/h2-10,12H,11H2,1H3,(H,24,26). The molecule has 134 valence electrons. The summed E-state index contributed by atoms with van der Waals surface area (Å²) in [5, 5.41) is 4.55. The number of hydrogen-bond acceptors (Lipinski definition) is 4. The van der Waals surface area contributed by atoms with Gasteiger partial charge in [0.05, 0.1) is 6.42 Å². The van der Waals surface area contributed by atoms with Crippen LogP contribution in [0, 0.1) is 6.92 Å². The number of carbonyl (C=O) groups is 1. The zero-order valence-electron chi connectivity index (χ0n) is 14.6. The molecule has 0 radical (unpaired) electrons. The van der Waals surface area contributed by atoms with E-state index in [0.29, 0.717) is 11.4 Å². The minimum atomic E-state index is -0.0662. The molecule has 6 heteroatoms. The zero-order chi connectivity index (χ0) is 18.8. The number of benzene rings is 2. The van der Waals surface area contributed by atoms with Crippen LogP contribution in [0.5, 0.6) is 0 Å². The number of anilines is 1. The third-order valence-electron chi connectivity index (χ3n) is 4.20. The van der Waals surface area contributed by atoms with Crippen molar-refractivity contribution in [2.75, 3.05) is 5.32 Å². The molecule has 4 rings (SSSR count). The van der Waals surface area contributed by atoms with Crippen LogP contribution in [0.4, 0.5) is 5.69 Å². The summed E-state index contributed by atoms with van der Waals surface area (Å²) in [6.45, 7) is 1.97. The maximum absolute atomic E-state index is 12.4. The van der Waals surface area contributed by atoms with Crippen LogP contribution in [0.25, 0.3) is 20.9 Å². The summed E-state index contributed by atoms with van der Waals surface area (Å²) >= 11 is 7.43. The molecule has 1 amide bonds. The molecule has 1 N–H and O–H groups in total. The Balaban J connectivity index is 1.56. The Kier molecular flexibility index (Phi) is 4.88. The number of aromatic nitrogens is 2. The van der Waals surface area contributed by atoms with Crippen molar-refractivity contribution in [2.24, 2.45) is 0 Å². The number of amides is 1. The smallest absolute Gasteiger partial charge is 0.228 e. The predicted octanol–water partition coefficient (Wildman–Crippen LogP) is 5.50. The van der Waals surface area contributed by atoms with Gasteiger partial charge in [-0.3, -0.25) is 4.79 Å². The second-order valence-electron chi connectivity index (χ2n) is 6.23. The topological polar surface area (TPSA) is 54.9 Å². The van der Waals surface area contributed by atoms with Gasteiger partial charge in [-0.15, -0.1) is 0 Å². The van der Waals surface area contributed by atoms with E-state index in [1.165, 1.54) is 0 Å². The van der Waals surface area contributed by atoms with Gasteiger partial charge in [0.25, 0.3) is 0 Å². The molecule has 2 aromatic heterocycles. The van der Waals surface area contributed by atoms with Crippen LogP contribution >= 0.6 is 22.9 Å². The second-order valence-corrected chi connectivity index (χ2v) is 7.64. The number of nitrogens with one attached hydrogen (secondary N) is 1. The van der Waals surface area contributed by atoms with E-state index in [-0.39, 0.29) is 5.91 Å². The summed E-state index contributed by atoms with van der Waals surface area (Å²) < 4.78 is 0. The van der Waals surface area contributed by atoms with E-state index in [1.54, 1.807) is 29.7 Å². The maximum atomic E-state index is 12.4. The Morgan fingerprint density at radius 3 is 2.74 bits per heavy atom. The van der Waals surface area contributed by atoms with Crippen molar-refractivity contribution < 1.29 is 4.79 Å². The third-order valence-corrected chi connectivity index (χ3v) is 5.48. The second kappa shape index (κ2) is 7.47. The molecule has 0 fully saturated rings. The first-order valence-electron chi connectivity index (χ1n) is 8.45. The van der Waals surface area contributed by atoms with Crippen molar-refractivity contribution in [1.29, 1.82) is 0 Å². The van der Waals surface area contributed by atoms with Gasteiger partial charge in [-0.2, -0.15) is 0 Å². The molecule has 27 heavy (non-hydrogen) atoms. The van der Waals surface area contributed by atoms with Crippen LogP contribution in [0.3, 0.4) is 0 Å². The molecule has 0 atom stereocenters. The fourth-order valence-electron chi connectivity index (χ4n) is 2.77. The van der Waals surface area contributed by atoms with Gasteiger partial charge >= 0.3 is 0 Å². The summed E-state index contributed by atoms with van der Waals surface area (Å²) in [6, 6.07) is 17.1. The number of carbonyl (C=O) groups excluding carboxylic acids is 1. The summed E-state index contributed by atoms with van der Waals surface area (Å²) in [5.41, 5.74) is 4.56. The molecule has 0 saturated heterocycles. The fraction of sp³-hybridized carbons (Fsp3) is 0.0952. The van der Waals surface area contributed by atoms with E-state index in [1.807, 2.05) is 49.4 Å². The van der Waals surface area contributed by atoms with Crippen molar-refractivity contribution in [1.82, 2.24) is 9.97 Å². The summed E-state index contributed by atoms with van der Waals surface area (Å²) in [7, 11) is 0. The highest BCUT2D eigenvalue weighted by Crippen LogP contribution is 2.31. The van der Waals surface area contributed by atoms with E-state index in [9.17, 15) is 4.79 Å². The fourth-order valence-corrected chi connectivity index (χ4v) is 3.79. The lowest BCUT2D eigenvalue weighted by molar-refractivity contribution is -0.115. The summed E-state index contributed by atoms with van der Waals surface area (Å²) in [6.07, 6.45) is 2.06. The number of thiazole rings is 1. The van der Waals surface area contributed by atoms with Gasteiger partial charge in [-0.05, 0) is 48.4 Å². The number of pyridine rings is 1. The first-order valence-corrected chi connectivity index (χ1v) is 9.65. The number of aryl methyl sites for hydroxylation is 1. The van der Waals surface area contributed by atoms with E-state index < -0.39 is 0 Å². The molecular weight excluding hydrogens is 378 g/mol. The largest absolute Gasteiger partial charge is 0.326 e. The Morgan fingerprint density at radius 2 is 1.96 bits per heavy atom. The molecule has 0 saturated carbocycles. The number of halogens is 1. The minimum Gasteiger partial charge on any atom is -0.326 e. The van der Waals surface area contributed by atoms with Crippen molar-refractivity contribution in [3.05, 3.63) is 76.9 Å². The molecule has 0 aliphatic rings. The number of nitrogens with zero attached hydrogens (tertiary/aromatic N) is 2. The minimum absolute atomic E-state index is 0.0662. The first-order chi connectivity index (χ1) is 13.1. The van der Waals surface area contributed by atoms with Crippen molar-refractivity contribution in [2.45, 2.75) is 13.3 Å². The van der Waals surface area contributed by atoms with E-state index in [2.05, 4.69) is 15.3 Å². The van der Waals surface area contributed by atoms with Gasteiger partial charge in [0.1, 0.15) is 15.4 Å². The lowest BCUT2D eigenvalue weighted by atomic mass is 10.1. The Hall–Kier alpha value is -2.76. The van der Waals surface area contributed by atoms with Gasteiger partial charge < -0.3 is 5.32 Å². The normalized spacial score (nSPS) is 10.9. The Labute approximate surface area is 165 Å². The predicted molar refractivity (Wildman–Crippen MR) is 111 cm³/mol. The summed E-state index contributed by atoms with van der Waals surface area (Å²) in [4.78, 5) is 22.3. The highest BCUT2D eigenvalue weighted by Gasteiger charge is 2.11. The first kappa shape index (κ1) is 17.6. The molecule has 0 aliphatic heterocycles. The van der Waals surface area contributed by atoms with Crippen molar-refractivity contribution in [3.63, 3.8) is 0 Å². The van der Waals surface area contributed by atoms with E-state index in [4.69, 9.17) is 11.6 Å². The number of hydrogen-bond donors (Lipinski definition) is 1. The average Bonchev–Trinajstić information content (AvgIpc) is 3.09. The van der Waals surface area contributed by atoms with Gasteiger partial charge in [-0.1, -0.05) is 47.2 Å². The van der Waals surface area contributed by atoms with Gasteiger partial charge in [-0.25, -0.2) is 9.97 Å². The average molecular weight is 394 g/mol. The number of fused-ring (bicyclic) bond motifs is 1. The highest BCUT2D eigenvalue weighted by molar-refractivity contribution is 7.21. The highest BCUT2D eigenvalue weighted by atomic mass is 35.5. The van der Waals surface area contributed by atoms with Crippen LogP contribution < -0.4 is 5.32 Å². The van der Waals surface area contributed by atoms with Crippen LogP contribution in [0.1, 0.15) is 11.1 Å². The molecule has 0 spiro atoms. The monoisotopic (exact) mass is 393 g/mol. The molecule has 0 unspecified atom stereocenters. The molecule has 0 aliphatic carbocycles. The van der Waals surface area contributed by atoms with Crippen LogP contribution in [0.15, 0.2) is 60.8 Å². The molecule has 2 heterocycles. The molecule has 4 nitrogen and oxygen atoms in total. The lowest BCUT2D eigenvalue weighted by Gasteiger charge is -2.10. The summed E-state index contributed by atoms with van der Waals surface area (Å²) in [5.74, 6) is -0.0662. The molecule has 2 aromatic carbocycles. The van der Waals surface area contributed by atoms with E-state index in [0.717, 1.165) is 37.7 Å². The SMILES string of the molecule is Cc1ccc(-c2nc3cccnc3s2)cc1NC(=O)Cc1ccc(Cl)cc1. The lowest BCUT2D eigenvalue weighted by Crippen LogP contribution is -2.15. The zero-order valence-corrected chi connectivity index (χ0v) is 16.1. The van der Waals surface area contributed by atoms with Crippen LogP contribution in [0.2, 0.25) is 5.02 Å². The van der Waals surface area contributed by atoms with Gasteiger partial charge in [0.2, 0.25) is 5.91 Å². The van der Waals surface area contributed by atoms with Crippen molar-refractivity contribution in [3.8, 4) is 10.6 Å². The Bertz CT molecular complexity index is 1090. The Morgan fingerprint density at radius 1 is 1.15 bits per heavy atom. The quantitative estimate of drug-likeness (QED) is 0.498. The molecular formula is C21H16ClN3OS. The van der Waals surface area contributed by atoms with Gasteiger partial charge in [0.15, 0.2) is 0 Å². The van der Waals surface area contributed by atoms with Crippen molar-refractivity contribution >= 4 is 44.9 Å². The van der Waals surface area contributed by atoms with Crippen LogP contribution in [-0.4, -0.2) is 15.9 Å². The molecule has 4 aromatic rings. The molecule has 0 bridgehead atoms.